The van der Waals surface area contributed by atoms with E-state index < -0.39 is 17.7 Å². The van der Waals surface area contributed by atoms with Crippen LogP contribution in [0.15, 0.2) is 12.2 Å². The van der Waals surface area contributed by atoms with Gasteiger partial charge < -0.3 is 9.47 Å². The molecule has 0 aromatic heterocycles. The summed E-state index contributed by atoms with van der Waals surface area (Å²) in [4.78, 5) is 24.4. The smallest absolute Gasteiger partial charge is 0.312 e. The summed E-state index contributed by atoms with van der Waals surface area (Å²) in [5, 5.41) is 0. The number of fused-ring (bicyclic) bond motifs is 2. The van der Waals surface area contributed by atoms with Crippen molar-refractivity contribution in [1.29, 1.82) is 0 Å². The van der Waals surface area contributed by atoms with Crippen molar-refractivity contribution in [3.05, 3.63) is 12.2 Å². The van der Waals surface area contributed by atoms with Crippen LogP contribution in [0.2, 0.25) is 0 Å². The van der Waals surface area contributed by atoms with Crippen molar-refractivity contribution in [1.82, 2.24) is 0 Å². The lowest BCUT2D eigenvalue weighted by Crippen LogP contribution is -2.69. The van der Waals surface area contributed by atoms with Gasteiger partial charge in [-0.25, -0.2) is 9.78 Å². The first kappa shape index (κ1) is 15.6. The van der Waals surface area contributed by atoms with Crippen molar-refractivity contribution in [2.75, 3.05) is 0 Å². The molecule has 0 radical (unpaired) electrons. The third-order valence-corrected chi connectivity index (χ3v) is 6.41. The van der Waals surface area contributed by atoms with Crippen molar-refractivity contribution >= 4 is 5.97 Å². The fourth-order valence-electron chi connectivity index (χ4n) is 5.16. The number of ether oxygens (including phenoxy) is 2. The molecule has 5 rings (SSSR count). The van der Waals surface area contributed by atoms with E-state index in [1.165, 1.54) is 0 Å². The van der Waals surface area contributed by atoms with E-state index in [-0.39, 0.29) is 17.8 Å². The zero-order valence-electron chi connectivity index (χ0n) is 14.1. The van der Waals surface area contributed by atoms with Crippen LogP contribution in [0, 0.1) is 23.7 Å². The van der Waals surface area contributed by atoms with E-state index in [0.717, 1.165) is 25.7 Å². The van der Waals surface area contributed by atoms with E-state index in [1.807, 2.05) is 26.0 Å². The summed E-state index contributed by atoms with van der Waals surface area (Å²) in [7, 11) is 0. The first-order chi connectivity index (χ1) is 11.0. The van der Waals surface area contributed by atoms with Crippen molar-refractivity contribution in [3.8, 4) is 0 Å². The fourth-order valence-corrected chi connectivity index (χ4v) is 5.16. The number of hydrogen-bond donors (Lipinski definition) is 0. The topological polar surface area (TPSA) is 54.0 Å². The van der Waals surface area contributed by atoms with Gasteiger partial charge in [-0.3, -0.25) is 4.79 Å². The molecule has 0 aromatic carbocycles. The number of hydrogen-bond acceptors (Lipinski definition) is 5. The molecular formula is C18H26O5. The fraction of sp³-hybridized carbons (Fsp3) is 0.833. The van der Waals surface area contributed by atoms with Crippen molar-refractivity contribution < 1.29 is 24.0 Å². The molecule has 0 aromatic rings. The second-order valence-electron chi connectivity index (χ2n) is 7.76. The highest BCUT2D eigenvalue weighted by molar-refractivity contribution is 5.74. The standard InChI is InChI=1S/C18H26O5/c1-4-5-6-12-14-8-7-11(2)13-9-10-17(3)21-16(20-15(12)19)18(13,14)23-22-17/h4-5,11-14,16H,6-10H2,1-3H3/b5-4-/t11-,12+,13+,14+,16-,17-,18-/m1/s1. The Balaban J connectivity index is 1.77. The van der Waals surface area contributed by atoms with E-state index in [9.17, 15) is 4.79 Å². The number of rotatable bonds is 2. The molecule has 0 N–H and O–H groups in total. The van der Waals surface area contributed by atoms with Gasteiger partial charge in [0, 0.05) is 18.3 Å². The molecule has 0 amide bonds. The average molecular weight is 322 g/mol. The minimum atomic E-state index is -0.812. The van der Waals surface area contributed by atoms with Crippen LogP contribution in [0.5, 0.6) is 0 Å². The molecule has 5 nitrogen and oxygen atoms in total. The monoisotopic (exact) mass is 322 g/mol. The maximum absolute atomic E-state index is 12.6. The maximum Gasteiger partial charge on any atom is 0.312 e. The Morgan fingerprint density at radius 2 is 2.04 bits per heavy atom. The van der Waals surface area contributed by atoms with Crippen LogP contribution in [-0.4, -0.2) is 23.6 Å². The van der Waals surface area contributed by atoms with Gasteiger partial charge >= 0.3 is 5.97 Å². The predicted octanol–water partition coefficient (Wildman–Crippen LogP) is 3.34. The van der Waals surface area contributed by atoms with E-state index >= 15 is 0 Å². The van der Waals surface area contributed by atoms with Crippen LogP contribution in [0.1, 0.15) is 52.9 Å². The van der Waals surface area contributed by atoms with Gasteiger partial charge in [-0.05, 0) is 45.4 Å². The number of carbonyl (C=O) groups excluding carboxylic acids is 1. The minimum absolute atomic E-state index is 0.0915. The Morgan fingerprint density at radius 1 is 1.22 bits per heavy atom. The molecule has 5 fully saturated rings. The van der Waals surface area contributed by atoms with Gasteiger partial charge in [0.2, 0.25) is 12.1 Å². The van der Waals surface area contributed by atoms with Crippen LogP contribution in [0.4, 0.5) is 0 Å². The van der Waals surface area contributed by atoms with Gasteiger partial charge in [-0.2, -0.15) is 0 Å². The van der Waals surface area contributed by atoms with Crippen LogP contribution >= 0.6 is 0 Å². The lowest BCUT2D eigenvalue weighted by atomic mass is 9.57. The molecule has 4 aliphatic heterocycles. The third kappa shape index (κ3) is 2.13. The summed E-state index contributed by atoms with van der Waals surface area (Å²) in [6.07, 6.45) is 7.90. The van der Waals surface area contributed by atoms with Gasteiger partial charge in [0.1, 0.15) is 0 Å². The number of esters is 1. The molecule has 23 heavy (non-hydrogen) atoms. The summed E-state index contributed by atoms with van der Waals surface area (Å²) >= 11 is 0. The highest BCUT2D eigenvalue weighted by Crippen LogP contribution is 2.60. The third-order valence-electron chi connectivity index (χ3n) is 6.41. The molecule has 5 heteroatoms. The predicted molar refractivity (Wildman–Crippen MR) is 81.8 cm³/mol. The molecule has 1 saturated carbocycles. The zero-order valence-corrected chi connectivity index (χ0v) is 14.1. The number of allylic oxidation sites excluding steroid dienone is 2. The van der Waals surface area contributed by atoms with Crippen LogP contribution in [-0.2, 0) is 24.0 Å². The van der Waals surface area contributed by atoms with Crippen LogP contribution in [0.3, 0.4) is 0 Å². The van der Waals surface area contributed by atoms with Crippen LogP contribution in [0.25, 0.3) is 0 Å². The molecule has 5 aliphatic rings. The normalized spacial score (nSPS) is 52.1. The van der Waals surface area contributed by atoms with E-state index in [4.69, 9.17) is 19.2 Å². The zero-order chi connectivity index (χ0) is 16.2. The first-order valence-corrected chi connectivity index (χ1v) is 8.86. The SMILES string of the molecule is C/C=C\C[C@@H]1C(=O)O[C@@H]2O[C@@]3(C)CC[C@H]4[C@H](C)CC[C@@H]1[C@@]24OO3. The summed E-state index contributed by atoms with van der Waals surface area (Å²) in [6.45, 7) is 6.12. The van der Waals surface area contributed by atoms with Crippen molar-refractivity contribution in [3.63, 3.8) is 0 Å². The molecule has 4 saturated heterocycles. The Hall–Kier alpha value is -0.910. The Bertz CT molecular complexity index is 532. The summed E-state index contributed by atoms with van der Waals surface area (Å²) < 4.78 is 11.8. The molecule has 7 atom stereocenters. The lowest BCUT2D eigenvalue weighted by Gasteiger charge is -2.58. The van der Waals surface area contributed by atoms with Gasteiger partial charge in [-0.15, -0.1) is 0 Å². The molecule has 4 heterocycles. The van der Waals surface area contributed by atoms with Gasteiger partial charge in [0.15, 0.2) is 5.60 Å². The van der Waals surface area contributed by atoms with E-state index in [2.05, 4.69) is 6.92 Å². The van der Waals surface area contributed by atoms with Gasteiger partial charge in [0.25, 0.3) is 0 Å². The Morgan fingerprint density at radius 3 is 2.83 bits per heavy atom. The first-order valence-electron chi connectivity index (χ1n) is 8.86. The Labute approximate surface area is 137 Å². The van der Waals surface area contributed by atoms with Crippen LogP contribution < -0.4 is 0 Å². The number of carbonyl (C=O) groups is 1. The van der Waals surface area contributed by atoms with Crippen molar-refractivity contribution in [2.45, 2.75) is 70.6 Å². The van der Waals surface area contributed by atoms with E-state index in [1.54, 1.807) is 0 Å². The quantitative estimate of drug-likeness (QED) is 0.443. The minimum Gasteiger partial charge on any atom is -0.432 e. The molecule has 1 spiro atoms. The summed E-state index contributed by atoms with van der Waals surface area (Å²) in [5.74, 6) is -0.233. The molecule has 1 aliphatic carbocycles. The summed E-state index contributed by atoms with van der Waals surface area (Å²) in [5.41, 5.74) is -0.645. The molecule has 0 unspecified atom stereocenters. The van der Waals surface area contributed by atoms with Crippen molar-refractivity contribution in [2.24, 2.45) is 23.7 Å². The largest absolute Gasteiger partial charge is 0.432 e. The summed E-state index contributed by atoms with van der Waals surface area (Å²) in [6, 6.07) is 0. The second kappa shape index (κ2) is 5.30. The van der Waals surface area contributed by atoms with Gasteiger partial charge in [-0.1, -0.05) is 19.1 Å². The molecule has 128 valence electrons. The second-order valence-corrected chi connectivity index (χ2v) is 7.76. The maximum atomic E-state index is 12.6. The molecule has 2 bridgehead atoms. The highest BCUT2D eigenvalue weighted by atomic mass is 17.3. The average Bonchev–Trinajstić information content (AvgIpc) is 2.74. The van der Waals surface area contributed by atoms with Gasteiger partial charge in [0.05, 0.1) is 5.92 Å². The highest BCUT2D eigenvalue weighted by Gasteiger charge is 2.70. The lowest BCUT2D eigenvalue weighted by molar-refractivity contribution is -0.559. The molecular weight excluding hydrogens is 296 g/mol. The Kier molecular flexibility index (Phi) is 3.59. The van der Waals surface area contributed by atoms with E-state index in [0.29, 0.717) is 18.3 Å².